The summed E-state index contributed by atoms with van der Waals surface area (Å²) in [6, 6.07) is 14.8. The fraction of sp³-hybridized carbons (Fsp3) is 0.227. The van der Waals surface area contributed by atoms with Crippen LogP contribution in [0.25, 0.3) is 0 Å². The average Bonchev–Trinajstić information content (AvgIpc) is 2.66. The van der Waals surface area contributed by atoms with Crippen LogP contribution >= 0.6 is 0 Å². The summed E-state index contributed by atoms with van der Waals surface area (Å²) < 4.78 is 23.5. The van der Waals surface area contributed by atoms with Crippen LogP contribution in [0.3, 0.4) is 0 Å². The lowest BCUT2D eigenvalue weighted by Gasteiger charge is -2.24. The van der Waals surface area contributed by atoms with Gasteiger partial charge in [0.1, 0.15) is 0 Å². The van der Waals surface area contributed by atoms with Crippen molar-refractivity contribution < 1.29 is 13.2 Å². The molecule has 0 saturated heterocycles. The zero-order valence-corrected chi connectivity index (χ0v) is 17.0. The van der Waals surface area contributed by atoms with Crippen molar-refractivity contribution in [2.75, 3.05) is 13.3 Å². The number of nitrogens with one attached hydrogen (secondary N) is 1. The van der Waals surface area contributed by atoms with E-state index >= 15 is 0 Å². The molecule has 1 atom stereocenters. The molecule has 0 unspecified atom stereocenters. The summed E-state index contributed by atoms with van der Waals surface area (Å²) in [7, 11) is -1.43. The fourth-order valence-electron chi connectivity index (χ4n) is 3.32. The second-order valence-corrected chi connectivity index (χ2v) is 9.04. The number of ketones is 1. The van der Waals surface area contributed by atoms with Gasteiger partial charge in [0.05, 0.1) is 10.6 Å². The molecule has 0 saturated carbocycles. The molecule has 0 fully saturated rings. The van der Waals surface area contributed by atoms with Crippen molar-refractivity contribution in [3.8, 4) is 0 Å². The smallest absolute Gasteiger partial charge is 0.181 e. The number of carbonyl (C=O) groups is 1. The van der Waals surface area contributed by atoms with Gasteiger partial charge in [-0.25, -0.2) is 8.42 Å². The van der Waals surface area contributed by atoms with E-state index in [-0.39, 0.29) is 23.0 Å². The molecule has 0 aliphatic carbocycles. The highest BCUT2D eigenvalue weighted by atomic mass is 32.2. The number of aryl methyl sites for hydroxylation is 1. The second-order valence-electron chi connectivity index (χ2n) is 7.02. The lowest BCUT2D eigenvalue weighted by molar-refractivity contribution is -0.116. The normalized spacial score (nSPS) is 15.0. The molecule has 2 aromatic carbocycles. The van der Waals surface area contributed by atoms with Crippen molar-refractivity contribution in [1.29, 1.82) is 0 Å². The lowest BCUT2D eigenvalue weighted by Crippen LogP contribution is -2.34. The zero-order valence-electron chi connectivity index (χ0n) is 16.2. The van der Waals surface area contributed by atoms with Gasteiger partial charge in [-0.1, -0.05) is 36.4 Å². The third-order valence-corrected chi connectivity index (χ3v) is 5.96. The van der Waals surface area contributed by atoms with E-state index in [0.717, 1.165) is 16.7 Å². The van der Waals surface area contributed by atoms with Crippen LogP contribution in [-0.2, 0) is 14.6 Å². The van der Waals surface area contributed by atoms with E-state index in [1.165, 1.54) is 6.26 Å². The molecular weight excluding hydrogens is 372 g/mol. The molecular formula is C22H24N2O3S. The highest BCUT2D eigenvalue weighted by Gasteiger charge is 2.23. The molecule has 6 heteroatoms. The van der Waals surface area contributed by atoms with Gasteiger partial charge in [-0.05, 0) is 47.9 Å². The highest BCUT2D eigenvalue weighted by molar-refractivity contribution is 7.90. The molecule has 146 valence electrons. The number of nitrogens with zero attached hydrogens (tertiary/aromatic N) is 1. The van der Waals surface area contributed by atoms with Crippen LogP contribution in [0.15, 0.2) is 77.5 Å². The first-order valence-corrected chi connectivity index (χ1v) is 10.9. The summed E-state index contributed by atoms with van der Waals surface area (Å²) in [6.45, 7) is 2.02. The molecule has 0 bridgehead atoms. The van der Waals surface area contributed by atoms with Crippen molar-refractivity contribution in [1.82, 2.24) is 10.4 Å². The Labute approximate surface area is 166 Å². The first kappa shape index (κ1) is 19.9. The Kier molecular flexibility index (Phi) is 5.70. The Bertz CT molecular complexity index is 1040. The molecule has 1 N–H and O–H groups in total. The van der Waals surface area contributed by atoms with Gasteiger partial charge < -0.3 is 0 Å². The molecule has 5 nitrogen and oxygen atoms in total. The van der Waals surface area contributed by atoms with Crippen molar-refractivity contribution in [3.63, 3.8) is 0 Å². The van der Waals surface area contributed by atoms with E-state index in [2.05, 4.69) is 5.43 Å². The number of hydrogen-bond acceptors (Lipinski definition) is 5. The number of benzene rings is 2. The SMILES string of the molecule is Cc1ccccc1[C@H](CC(=O)C1=CC=CN(C)N1)c1ccc(S(C)(=O)=O)cc1. The molecule has 2 aromatic rings. The summed E-state index contributed by atoms with van der Waals surface area (Å²) in [4.78, 5) is 13.2. The Morgan fingerprint density at radius 3 is 2.39 bits per heavy atom. The number of Topliss-reactive ketones (excluding diaryl/α,β-unsaturated/α-hetero) is 1. The fourth-order valence-corrected chi connectivity index (χ4v) is 3.95. The van der Waals surface area contributed by atoms with E-state index in [9.17, 15) is 13.2 Å². The van der Waals surface area contributed by atoms with Crippen molar-refractivity contribution in [3.05, 3.63) is 89.3 Å². The first-order chi connectivity index (χ1) is 13.3. The van der Waals surface area contributed by atoms with Gasteiger partial charge in [0.2, 0.25) is 0 Å². The Hall–Kier alpha value is -2.86. The molecule has 3 rings (SSSR count). The molecule has 28 heavy (non-hydrogen) atoms. The minimum atomic E-state index is -3.26. The van der Waals surface area contributed by atoms with Crippen molar-refractivity contribution >= 4 is 15.6 Å². The third-order valence-electron chi connectivity index (χ3n) is 4.83. The maximum Gasteiger partial charge on any atom is 0.181 e. The third kappa shape index (κ3) is 4.51. The van der Waals surface area contributed by atoms with Gasteiger partial charge in [0.15, 0.2) is 15.6 Å². The number of hydrogen-bond donors (Lipinski definition) is 1. The molecule has 0 amide bonds. The summed E-state index contributed by atoms with van der Waals surface area (Å²) >= 11 is 0. The molecule has 1 aliphatic rings. The monoisotopic (exact) mass is 396 g/mol. The lowest BCUT2D eigenvalue weighted by atomic mass is 9.84. The number of carbonyl (C=O) groups excluding carboxylic acids is 1. The molecule has 0 aromatic heterocycles. The number of hydrazine groups is 1. The van der Waals surface area contributed by atoms with Gasteiger partial charge in [-0.3, -0.25) is 15.2 Å². The summed E-state index contributed by atoms with van der Waals surface area (Å²) in [5.41, 5.74) is 6.65. The summed E-state index contributed by atoms with van der Waals surface area (Å²) in [5, 5.41) is 1.73. The number of rotatable bonds is 6. The predicted octanol–water partition coefficient (Wildman–Crippen LogP) is 3.34. The van der Waals surface area contributed by atoms with E-state index in [1.807, 2.05) is 50.5 Å². The van der Waals surface area contributed by atoms with Crippen molar-refractivity contribution in [2.45, 2.75) is 24.2 Å². The maximum atomic E-state index is 13.0. The van der Waals surface area contributed by atoms with Crippen LogP contribution in [0.5, 0.6) is 0 Å². The Balaban J connectivity index is 1.97. The minimum Gasteiger partial charge on any atom is -0.298 e. The van der Waals surface area contributed by atoms with Crippen LogP contribution < -0.4 is 5.43 Å². The van der Waals surface area contributed by atoms with Crippen molar-refractivity contribution in [2.24, 2.45) is 0 Å². The zero-order chi connectivity index (χ0) is 20.3. The molecule has 0 radical (unpaired) electrons. The van der Waals surface area contributed by atoms with E-state index in [0.29, 0.717) is 5.70 Å². The second kappa shape index (κ2) is 8.02. The number of allylic oxidation sites excluding steroid dienone is 3. The Morgan fingerprint density at radius 1 is 1.11 bits per heavy atom. The van der Waals surface area contributed by atoms with E-state index < -0.39 is 9.84 Å². The van der Waals surface area contributed by atoms with Crippen LogP contribution in [0.2, 0.25) is 0 Å². The topological polar surface area (TPSA) is 66.5 Å². The van der Waals surface area contributed by atoms with E-state index in [1.54, 1.807) is 35.4 Å². The average molecular weight is 397 g/mol. The highest BCUT2D eigenvalue weighted by Crippen LogP contribution is 2.32. The Morgan fingerprint density at radius 2 is 1.79 bits per heavy atom. The van der Waals surface area contributed by atoms with Gasteiger partial charge in [0.25, 0.3) is 0 Å². The summed E-state index contributed by atoms with van der Waals surface area (Å²) in [5.74, 6) is -0.169. The van der Waals surface area contributed by atoms with Gasteiger partial charge >= 0.3 is 0 Å². The van der Waals surface area contributed by atoms with Gasteiger partial charge in [0, 0.05) is 31.8 Å². The molecule has 1 aliphatic heterocycles. The minimum absolute atomic E-state index is 0.00311. The van der Waals surface area contributed by atoms with Crippen LogP contribution in [0.4, 0.5) is 0 Å². The van der Waals surface area contributed by atoms with Crippen LogP contribution in [0, 0.1) is 6.92 Å². The largest absolute Gasteiger partial charge is 0.298 e. The maximum absolute atomic E-state index is 13.0. The van der Waals surface area contributed by atoms with Crippen LogP contribution in [0.1, 0.15) is 29.0 Å². The van der Waals surface area contributed by atoms with Crippen LogP contribution in [-0.4, -0.2) is 32.5 Å². The van der Waals surface area contributed by atoms with Gasteiger partial charge in [-0.15, -0.1) is 0 Å². The molecule has 1 heterocycles. The molecule has 0 spiro atoms. The van der Waals surface area contributed by atoms with Gasteiger partial charge in [-0.2, -0.15) is 0 Å². The quantitative estimate of drug-likeness (QED) is 0.811. The predicted molar refractivity (Wildman–Crippen MR) is 110 cm³/mol. The number of sulfone groups is 1. The summed E-state index contributed by atoms with van der Waals surface area (Å²) in [6.07, 6.45) is 6.90. The van der Waals surface area contributed by atoms with E-state index in [4.69, 9.17) is 0 Å². The first-order valence-electron chi connectivity index (χ1n) is 9.02. The standard InChI is InChI=1S/C22H24N2O3S/c1-16-7-4-5-8-19(16)20(15-22(25)21-9-6-14-24(2)23-21)17-10-12-18(13-11-17)28(3,26)27/h4-14,20,23H,15H2,1-3H3/t20-/m1/s1.